The maximum Gasteiger partial charge on any atom is 0.250 e. The van der Waals surface area contributed by atoms with Gasteiger partial charge in [-0.25, -0.2) is 5.43 Å². The number of thioether (sulfide) groups is 1. The lowest BCUT2D eigenvalue weighted by Gasteiger charge is -2.05. The molecule has 120 valence electrons. The highest BCUT2D eigenvalue weighted by atomic mass is 32.2. The number of para-hydroxylation sites is 1. The third-order valence-corrected chi connectivity index (χ3v) is 4.54. The van der Waals surface area contributed by atoms with Crippen molar-refractivity contribution in [2.75, 3.05) is 5.75 Å². The lowest BCUT2D eigenvalue weighted by Crippen LogP contribution is -2.21. The van der Waals surface area contributed by atoms with E-state index in [1.807, 2.05) is 67.6 Å². The number of benzene rings is 2. The van der Waals surface area contributed by atoms with Crippen molar-refractivity contribution in [3.63, 3.8) is 0 Å². The van der Waals surface area contributed by atoms with Crippen LogP contribution in [-0.2, 0) is 4.79 Å². The number of hydrogen-bond acceptors (Lipinski definition) is 4. The largest absolute Gasteiger partial charge is 0.272 e. The first kappa shape index (κ1) is 16.2. The van der Waals surface area contributed by atoms with E-state index in [0.717, 1.165) is 27.1 Å². The van der Waals surface area contributed by atoms with Crippen molar-refractivity contribution in [3.05, 3.63) is 72.4 Å². The van der Waals surface area contributed by atoms with Gasteiger partial charge >= 0.3 is 0 Å². The number of aromatic nitrogens is 1. The molecule has 0 saturated heterocycles. The molecule has 3 rings (SSSR count). The molecule has 24 heavy (non-hydrogen) atoms. The second-order valence-corrected chi connectivity index (χ2v) is 6.24. The quantitative estimate of drug-likeness (QED) is 0.437. The number of nitrogens with zero attached hydrogens (tertiary/aromatic N) is 2. The molecule has 4 nitrogen and oxygen atoms in total. The van der Waals surface area contributed by atoms with Crippen LogP contribution in [0.15, 0.2) is 76.9 Å². The van der Waals surface area contributed by atoms with Gasteiger partial charge in [0.05, 0.1) is 17.0 Å². The van der Waals surface area contributed by atoms with E-state index in [9.17, 15) is 4.79 Å². The first-order valence-corrected chi connectivity index (χ1v) is 8.58. The van der Waals surface area contributed by atoms with Gasteiger partial charge in [0.2, 0.25) is 5.91 Å². The number of rotatable bonds is 5. The zero-order valence-corrected chi connectivity index (χ0v) is 14.1. The van der Waals surface area contributed by atoms with Crippen LogP contribution in [0, 0.1) is 0 Å². The Labute approximate surface area is 145 Å². The molecule has 1 aromatic heterocycles. The van der Waals surface area contributed by atoms with Gasteiger partial charge in [-0.15, -0.1) is 11.8 Å². The van der Waals surface area contributed by atoms with Crippen molar-refractivity contribution in [1.82, 2.24) is 10.4 Å². The van der Waals surface area contributed by atoms with E-state index in [4.69, 9.17) is 0 Å². The molecule has 1 N–H and O–H groups in total. The molecular weight excluding hydrogens is 318 g/mol. The molecule has 1 amide bonds. The van der Waals surface area contributed by atoms with E-state index in [0.29, 0.717) is 5.75 Å². The van der Waals surface area contributed by atoms with E-state index >= 15 is 0 Å². The smallest absolute Gasteiger partial charge is 0.250 e. The molecule has 0 radical (unpaired) electrons. The van der Waals surface area contributed by atoms with Crippen LogP contribution >= 0.6 is 11.8 Å². The predicted molar refractivity (Wildman–Crippen MR) is 99.3 cm³/mol. The van der Waals surface area contributed by atoms with Gasteiger partial charge in [0.1, 0.15) is 0 Å². The minimum absolute atomic E-state index is 0.136. The molecule has 1 heterocycles. The van der Waals surface area contributed by atoms with Gasteiger partial charge in [-0.2, -0.15) is 5.10 Å². The molecule has 0 aliphatic carbocycles. The fourth-order valence-corrected chi connectivity index (χ4v) is 3.09. The number of hydrazone groups is 1. The average molecular weight is 335 g/mol. The summed E-state index contributed by atoms with van der Waals surface area (Å²) in [6, 6.07) is 19.6. The molecule has 0 unspecified atom stereocenters. The van der Waals surface area contributed by atoms with Gasteiger partial charge in [0.25, 0.3) is 0 Å². The number of nitrogens with one attached hydrogen (secondary N) is 1. The molecular formula is C19H17N3OS. The Kier molecular flexibility index (Phi) is 5.23. The number of hydrogen-bond donors (Lipinski definition) is 1. The first-order valence-electron chi connectivity index (χ1n) is 7.59. The average Bonchev–Trinajstić information content (AvgIpc) is 2.65. The summed E-state index contributed by atoms with van der Waals surface area (Å²) in [5.41, 5.74) is 5.29. The second-order valence-electron chi connectivity index (χ2n) is 5.22. The van der Waals surface area contributed by atoms with Gasteiger partial charge in [0.15, 0.2) is 0 Å². The Bertz CT molecular complexity index is 873. The van der Waals surface area contributed by atoms with E-state index in [-0.39, 0.29) is 5.91 Å². The summed E-state index contributed by atoms with van der Waals surface area (Å²) >= 11 is 1.46. The van der Waals surface area contributed by atoms with Crippen molar-refractivity contribution < 1.29 is 4.79 Å². The number of pyridine rings is 1. The summed E-state index contributed by atoms with van der Waals surface area (Å²) in [4.78, 5) is 17.4. The minimum atomic E-state index is -0.136. The maximum atomic E-state index is 12.0. The van der Waals surface area contributed by atoms with Gasteiger partial charge in [-0.3, -0.25) is 9.78 Å². The summed E-state index contributed by atoms with van der Waals surface area (Å²) in [5, 5.41) is 5.23. The van der Waals surface area contributed by atoms with E-state index in [2.05, 4.69) is 15.5 Å². The number of amides is 1. The predicted octanol–water partition coefficient (Wildman–Crippen LogP) is 3.87. The van der Waals surface area contributed by atoms with Crippen molar-refractivity contribution in [1.29, 1.82) is 0 Å². The molecule has 2 aromatic carbocycles. The normalized spacial score (nSPS) is 11.5. The lowest BCUT2D eigenvalue weighted by atomic mass is 10.1. The van der Waals surface area contributed by atoms with E-state index in [1.54, 1.807) is 6.20 Å². The Morgan fingerprint density at radius 3 is 2.71 bits per heavy atom. The molecule has 3 aromatic rings. The number of carbonyl (C=O) groups excluding carboxylic acids is 1. The number of fused-ring (bicyclic) bond motifs is 1. The summed E-state index contributed by atoms with van der Waals surface area (Å²) in [5.74, 6) is 0.157. The summed E-state index contributed by atoms with van der Waals surface area (Å²) in [6.45, 7) is 1.87. The van der Waals surface area contributed by atoms with Crippen LogP contribution in [0.5, 0.6) is 0 Å². The fraction of sp³-hybridized carbons (Fsp3) is 0.105. The van der Waals surface area contributed by atoms with Crippen LogP contribution in [-0.4, -0.2) is 22.4 Å². The Hall–Kier alpha value is -2.66. The molecule has 0 fully saturated rings. The monoisotopic (exact) mass is 335 g/mol. The SMILES string of the molecule is C/C(=N/NC(=O)CSc1cccc2cccnc12)c1ccccc1. The Balaban J connectivity index is 1.61. The molecule has 0 spiro atoms. The van der Waals surface area contributed by atoms with Gasteiger partial charge in [-0.05, 0) is 24.6 Å². The fourth-order valence-electron chi connectivity index (χ4n) is 2.26. The second kappa shape index (κ2) is 7.75. The zero-order valence-electron chi connectivity index (χ0n) is 13.3. The topological polar surface area (TPSA) is 54.4 Å². The van der Waals surface area contributed by atoms with Crippen molar-refractivity contribution >= 4 is 34.3 Å². The van der Waals surface area contributed by atoms with Crippen LogP contribution in [0.3, 0.4) is 0 Å². The van der Waals surface area contributed by atoms with Gasteiger partial charge < -0.3 is 0 Å². The summed E-state index contributed by atoms with van der Waals surface area (Å²) in [7, 11) is 0. The van der Waals surface area contributed by atoms with Crippen LogP contribution < -0.4 is 5.43 Å². The zero-order chi connectivity index (χ0) is 16.8. The van der Waals surface area contributed by atoms with E-state index in [1.165, 1.54) is 11.8 Å². The third-order valence-electron chi connectivity index (χ3n) is 3.49. The van der Waals surface area contributed by atoms with E-state index < -0.39 is 0 Å². The molecule has 0 atom stereocenters. The number of carbonyl (C=O) groups is 1. The van der Waals surface area contributed by atoms with Crippen molar-refractivity contribution in [3.8, 4) is 0 Å². The standard InChI is InChI=1S/C19H17N3OS/c1-14(15-7-3-2-4-8-15)21-22-18(23)13-24-17-11-5-9-16-10-6-12-20-19(16)17/h2-12H,13H2,1H3,(H,22,23)/b21-14-. The van der Waals surface area contributed by atoms with Crippen molar-refractivity contribution in [2.45, 2.75) is 11.8 Å². The lowest BCUT2D eigenvalue weighted by molar-refractivity contribution is -0.118. The highest BCUT2D eigenvalue weighted by Crippen LogP contribution is 2.25. The highest BCUT2D eigenvalue weighted by Gasteiger charge is 2.06. The molecule has 0 aliphatic rings. The minimum Gasteiger partial charge on any atom is -0.272 e. The van der Waals surface area contributed by atoms with Crippen LogP contribution in [0.2, 0.25) is 0 Å². The van der Waals surface area contributed by atoms with Crippen LogP contribution in [0.1, 0.15) is 12.5 Å². The molecule has 0 bridgehead atoms. The molecule has 0 saturated carbocycles. The maximum absolute atomic E-state index is 12.0. The van der Waals surface area contributed by atoms with Crippen LogP contribution in [0.4, 0.5) is 0 Å². The summed E-state index contributed by atoms with van der Waals surface area (Å²) < 4.78 is 0. The van der Waals surface area contributed by atoms with Gasteiger partial charge in [0, 0.05) is 16.5 Å². The third kappa shape index (κ3) is 4.00. The Morgan fingerprint density at radius 2 is 1.88 bits per heavy atom. The first-order chi connectivity index (χ1) is 11.7. The van der Waals surface area contributed by atoms with Crippen molar-refractivity contribution in [2.24, 2.45) is 5.10 Å². The van der Waals surface area contributed by atoms with Crippen LogP contribution in [0.25, 0.3) is 10.9 Å². The molecule has 5 heteroatoms. The Morgan fingerprint density at radius 1 is 1.08 bits per heavy atom. The van der Waals surface area contributed by atoms with Gasteiger partial charge in [-0.1, -0.05) is 48.5 Å². The highest BCUT2D eigenvalue weighted by molar-refractivity contribution is 8.00. The molecule has 0 aliphatic heterocycles. The summed E-state index contributed by atoms with van der Waals surface area (Å²) in [6.07, 6.45) is 1.76.